The van der Waals surface area contributed by atoms with Crippen LogP contribution in [0.2, 0.25) is 0 Å². The van der Waals surface area contributed by atoms with Crippen LogP contribution in [0.3, 0.4) is 0 Å². The van der Waals surface area contributed by atoms with Gasteiger partial charge < -0.3 is 16.0 Å². The molecule has 0 saturated heterocycles. The normalized spacial score (nSPS) is 25.6. The Morgan fingerprint density at radius 1 is 1.29 bits per heavy atom. The lowest BCUT2D eigenvalue weighted by molar-refractivity contribution is -0.124. The van der Waals surface area contributed by atoms with E-state index in [-0.39, 0.29) is 17.9 Å². The second kappa shape index (κ2) is 5.14. The van der Waals surface area contributed by atoms with Crippen LogP contribution in [0.1, 0.15) is 19.3 Å². The van der Waals surface area contributed by atoms with Crippen molar-refractivity contribution in [2.45, 2.75) is 25.3 Å². The first kappa shape index (κ1) is 11.2. The predicted octanol–water partition coefficient (Wildman–Crippen LogP) is -0.00500. The SMILES string of the molecule is CNC(=O)[C@@H]1CCC[C@@H]1NC(=S)NC. The van der Waals surface area contributed by atoms with Gasteiger partial charge in [0.2, 0.25) is 5.91 Å². The second-order valence-electron chi connectivity index (χ2n) is 3.48. The quantitative estimate of drug-likeness (QED) is 0.567. The molecule has 0 bridgehead atoms. The number of carbonyl (C=O) groups excluding carboxylic acids is 1. The van der Waals surface area contributed by atoms with Crippen molar-refractivity contribution in [1.29, 1.82) is 0 Å². The smallest absolute Gasteiger partial charge is 0.224 e. The van der Waals surface area contributed by atoms with Crippen LogP contribution < -0.4 is 16.0 Å². The summed E-state index contributed by atoms with van der Waals surface area (Å²) in [6.07, 6.45) is 3.05. The number of hydrogen-bond donors (Lipinski definition) is 3. The van der Waals surface area contributed by atoms with Crippen molar-refractivity contribution in [2.24, 2.45) is 5.92 Å². The summed E-state index contributed by atoms with van der Waals surface area (Å²) >= 11 is 5.01. The molecular formula is C9H17N3OS. The van der Waals surface area contributed by atoms with E-state index in [0.717, 1.165) is 19.3 Å². The average molecular weight is 215 g/mol. The largest absolute Gasteiger partial charge is 0.366 e. The number of thiocarbonyl (C=S) groups is 1. The Balaban J connectivity index is 2.51. The summed E-state index contributed by atoms with van der Waals surface area (Å²) < 4.78 is 0. The molecule has 1 aliphatic carbocycles. The van der Waals surface area contributed by atoms with E-state index in [1.54, 1.807) is 14.1 Å². The minimum absolute atomic E-state index is 0.0614. The lowest BCUT2D eigenvalue weighted by Crippen LogP contribution is -2.46. The minimum atomic E-state index is 0.0614. The van der Waals surface area contributed by atoms with Gasteiger partial charge in [0, 0.05) is 20.1 Å². The molecule has 2 atom stereocenters. The fourth-order valence-corrected chi connectivity index (χ4v) is 2.02. The van der Waals surface area contributed by atoms with Gasteiger partial charge in [-0.1, -0.05) is 6.42 Å². The van der Waals surface area contributed by atoms with Crippen LogP contribution in [-0.2, 0) is 4.79 Å². The van der Waals surface area contributed by atoms with Crippen molar-refractivity contribution in [3.63, 3.8) is 0 Å². The van der Waals surface area contributed by atoms with Gasteiger partial charge in [-0.15, -0.1) is 0 Å². The third kappa shape index (κ3) is 2.57. The molecule has 5 heteroatoms. The maximum Gasteiger partial charge on any atom is 0.224 e. The summed E-state index contributed by atoms with van der Waals surface area (Å²) in [5.41, 5.74) is 0. The summed E-state index contributed by atoms with van der Waals surface area (Å²) in [4.78, 5) is 11.5. The van der Waals surface area contributed by atoms with Crippen LogP contribution in [0.25, 0.3) is 0 Å². The fourth-order valence-electron chi connectivity index (χ4n) is 1.87. The topological polar surface area (TPSA) is 53.2 Å². The Morgan fingerprint density at radius 3 is 2.57 bits per heavy atom. The summed E-state index contributed by atoms with van der Waals surface area (Å²) in [6.45, 7) is 0. The highest BCUT2D eigenvalue weighted by Crippen LogP contribution is 2.25. The first-order chi connectivity index (χ1) is 6.69. The van der Waals surface area contributed by atoms with E-state index < -0.39 is 0 Å². The van der Waals surface area contributed by atoms with E-state index in [1.807, 2.05) is 0 Å². The Kier molecular flexibility index (Phi) is 4.13. The molecule has 1 aliphatic rings. The van der Waals surface area contributed by atoms with E-state index in [9.17, 15) is 4.79 Å². The van der Waals surface area contributed by atoms with Crippen LogP contribution in [0.5, 0.6) is 0 Å². The van der Waals surface area contributed by atoms with Crippen LogP contribution in [0, 0.1) is 5.92 Å². The first-order valence-electron chi connectivity index (χ1n) is 4.89. The monoisotopic (exact) mass is 215 g/mol. The zero-order chi connectivity index (χ0) is 10.6. The molecule has 1 fully saturated rings. The van der Waals surface area contributed by atoms with Crippen molar-refractivity contribution in [3.8, 4) is 0 Å². The lowest BCUT2D eigenvalue weighted by atomic mass is 10.0. The van der Waals surface area contributed by atoms with Gasteiger partial charge in [0.15, 0.2) is 5.11 Å². The molecule has 0 aliphatic heterocycles. The summed E-state index contributed by atoms with van der Waals surface area (Å²) in [7, 11) is 3.45. The van der Waals surface area contributed by atoms with Gasteiger partial charge in [-0.05, 0) is 25.1 Å². The highest BCUT2D eigenvalue weighted by Gasteiger charge is 2.32. The molecule has 0 radical (unpaired) electrons. The van der Waals surface area contributed by atoms with Crippen molar-refractivity contribution < 1.29 is 4.79 Å². The molecule has 14 heavy (non-hydrogen) atoms. The van der Waals surface area contributed by atoms with Crippen LogP contribution in [0.4, 0.5) is 0 Å². The van der Waals surface area contributed by atoms with Crippen LogP contribution in [-0.4, -0.2) is 31.2 Å². The van der Waals surface area contributed by atoms with E-state index >= 15 is 0 Å². The van der Waals surface area contributed by atoms with Gasteiger partial charge in [-0.2, -0.15) is 0 Å². The highest BCUT2D eigenvalue weighted by molar-refractivity contribution is 7.80. The second-order valence-corrected chi connectivity index (χ2v) is 3.89. The summed E-state index contributed by atoms with van der Waals surface area (Å²) in [5, 5.41) is 9.31. The van der Waals surface area contributed by atoms with Crippen molar-refractivity contribution >= 4 is 23.2 Å². The third-order valence-corrected chi connectivity index (χ3v) is 2.96. The van der Waals surface area contributed by atoms with Gasteiger partial charge in [0.25, 0.3) is 0 Å². The van der Waals surface area contributed by atoms with Gasteiger partial charge in [0.05, 0.1) is 5.92 Å². The molecular weight excluding hydrogens is 198 g/mol. The number of hydrogen-bond acceptors (Lipinski definition) is 2. The zero-order valence-corrected chi connectivity index (χ0v) is 9.41. The van der Waals surface area contributed by atoms with E-state index in [4.69, 9.17) is 12.2 Å². The summed E-state index contributed by atoms with van der Waals surface area (Å²) in [5.74, 6) is 0.171. The maximum absolute atomic E-state index is 11.5. The van der Waals surface area contributed by atoms with Crippen molar-refractivity contribution in [1.82, 2.24) is 16.0 Å². The lowest BCUT2D eigenvalue weighted by Gasteiger charge is -2.20. The van der Waals surface area contributed by atoms with Crippen molar-refractivity contribution in [3.05, 3.63) is 0 Å². The Morgan fingerprint density at radius 2 is 2.00 bits per heavy atom. The number of rotatable bonds is 2. The molecule has 1 amide bonds. The van der Waals surface area contributed by atoms with E-state index in [0.29, 0.717) is 5.11 Å². The number of amides is 1. The molecule has 0 unspecified atom stereocenters. The zero-order valence-electron chi connectivity index (χ0n) is 8.59. The standard InChI is InChI=1S/C9H17N3OS/c1-10-8(13)6-4-3-5-7(6)12-9(14)11-2/h6-7H,3-5H2,1-2H3,(H,10,13)(H2,11,12,14)/t6-,7+/m1/s1. The molecule has 80 valence electrons. The van der Waals surface area contributed by atoms with Gasteiger partial charge in [0.1, 0.15) is 0 Å². The fraction of sp³-hybridized carbons (Fsp3) is 0.778. The average Bonchev–Trinajstić information content (AvgIpc) is 2.64. The molecule has 0 aromatic heterocycles. The molecule has 0 aromatic carbocycles. The molecule has 0 aromatic rings. The summed E-state index contributed by atoms with van der Waals surface area (Å²) in [6, 6.07) is 0.190. The van der Waals surface area contributed by atoms with Gasteiger partial charge in [-0.25, -0.2) is 0 Å². The molecule has 4 nitrogen and oxygen atoms in total. The molecule has 0 spiro atoms. The molecule has 3 N–H and O–H groups in total. The molecule has 1 rings (SSSR count). The van der Waals surface area contributed by atoms with Gasteiger partial charge >= 0.3 is 0 Å². The van der Waals surface area contributed by atoms with Crippen LogP contribution in [0.15, 0.2) is 0 Å². The Hall–Kier alpha value is -0.840. The Labute approximate surface area is 89.8 Å². The third-order valence-electron chi connectivity index (χ3n) is 2.64. The van der Waals surface area contributed by atoms with E-state index in [2.05, 4.69) is 16.0 Å². The first-order valence-corrected chi connectivity index (χ1v) is 5.29. The Bertz CT molecular complexity index is 232. The van der Waals surface area contributed by atoms with E-state index in [1.165, 1.54) is 0 Å². The van der Waals surface area contributed by atoms with Crippen molar-refractivity contribution in [2.75, 3.05) is 14.1 Å². The predicted molar refractivity (Wildman–Crippen MR) is 60.0 cm³/mol. The number of nitrogens with one attached hydrogen (secondary N) is 3. The molecule has 1 saturated carbocycles. The molecule has 0 heterocycles. The number of carbonyl (C=O) groups is 1. The van der Waals surface area contributed by atoms with Crippen LogP contribution >= 0.6 is 12.2 Å². The maximum atomic E-state index is 11.5. The minimum Gasteiger partial charge on any atom is -0.366 e. The van der Waals surface area contributed by atoms with Gasteiger partial charge in [-0.3, -0.25) is 4.79 Å². The highest BCUT2D eigenvalue weighted by atomic mass is 32.1.